The normalized spacial score (nSPS) is 12.7. The monoisotopic (exact) mass is 236 g/mol. The molecule has 90 valence electrons. The average Bonchev–Trinajstić information content (AvgIpc) is 2.14. The largest absolute Gasteiger partial charge is 0.321 e. The summed E-state index contributed by atoms with van der Waals surface area (Å²) in [6.45, 7) is 11.4. The van der Waals surface area contributed by atoms with Gasteiger partial charge in [0.05, 0.1) is 31.9 Å². The standard InChI is InChI=1S/C10H21NO3S/c1-4-8-11(5-2,6-3)9-7-10-15(12,13)14/h4H,1,5-10H2,2-3H3/p+1. The molecule has 0 spiro atoms. The lowest BCUT2D eigenvalue weighted by Crippen LogP contribution is -2.48. The Labute approximate surface area is 92.9 Å². The van der Waals surface area contributed by atoms with Crippen molar-refractivity contribution < 1.29 is 17.5 Å². The third-order valence-corrected chi connectivity index (χ3v) is 3.70. The van der Waals surface area contributed by atoms with Gasteiger partial charge in [-0.3, -0.25) is 4.55 Å². The molecule has 0 amide bonds. The van der Waals surface area contributed by atoms with E-state index >= 15 is 0 Å². The van der Waals surface area contributed by atoms with Crippen molar-refractivity contribution in [3.8, 4) is 0 Å². The van der Waals surface area contributed by atoms with Crippen molar-refractivity contribution in [2.24, 2.45) is 0 Å². The van der Waals surface area contributed by atoms with Crippen LogP contribution in [0.1, 0.15) is 20.3 Å². The molecule has 4 nitrogen and oxygen atoms in total. The summed E-state index contributed by atoms with van der Waals surface area (Å²) < 4.78 is 30.6. The lowest BCUT2D eigenvalue weighted by atomic mass is 10.3. The van der Waals surface area contributed by atoms with Crippen molar-refractivity contribution in [1.29, 1.82) is 0 Å². The summed E-state index contributed by atoms with van der Waals surface area (Å²) in [5.41, 5.74) is 0. The molecule has 0 fully saturated rings. The maximum atomic E-state index is 10.6. The van der Waals surface area contributed by atoms with Crippen LogP contribution in [-0.4, -0.2) is 49.4 Å². The first kappa shape index (κ1) is 14.6. The van der Waals surface area contributed by atoms with Gasteiger partial charge in [0.15, 0.2) is 0 Å². The smallest absolute Gasteiger partial charge is 0.265 e. The van der Waals surface area contributed by atoms with Gasteiger partial charge in [0.1, 0.15) is 0 Å². The summed E-state index contributed by atoms with van der Waals surface area (Å²) in [5.74, 6) is -0.149. The molecule has 0 saturated carbocycles. The molecule has 0 aromatic carbocycles. The van der Waals surface area contributed by atoms with Gasteiger partial charge in [-0.05, 0) is 19.9 Å². The summed E-state index contributed by atoms with van der Waals surface area (Å²) in [6.07, 6.45) is 2.36. The molecule has 15 heavy (non-hydrogen) atoms. The summed E-state index contributed by atoms with van der Waals surface area (Å²) in [4.78, 5) is 0. The highest BCUT2D eigenvalue weighted by molar-refractivity contribution is 7.85. The maximum absolute atomic E-state index is 10.6. The van der Waals surface area contributed by atoms with Crippen molar-refractivity contribution in [3.63, 3.8) is 0 Å². The van der Waals surface area contributed by atoms with Crippen LogP contribution in [-0.2, 0) is 10.1 Å². The van der Waals surface area contributed by atoms with Crippen molar-refractivity contribution in [2.45, 2.75) is 20.3 Å². The molecule has 0 aromatic heterocycles. The second-order valence-corrected chi connectivity index (χ2v) is 5.38. The van der Waals surface area contributed by atoms with Crippen molar-refractivity contribution in [3.05, 3.63) is 12.7 Å². The molecule has 0 rings (SSSR count). The molecule has 0 aliphatic heterocycles. The Morgan fingerprint density at radius 1 is 1.33 bits per heavy atom. The van der Waals surface area contributed by atoms with Gasteiger partial charge in [0, 0.05) is 6.42 Å². The first-order chi connectivity index (χ1) is 6.89. The van der Waals surface area contributed by atoms with Gasteiger partial charge in [0.2, 0.25) is 0 Å². The van der Waals surface area contributed by atoms with Crippen LogP contribution in [0.25, 0.3) is 0 Å². The topological polar surface area (TPSA) is 54.4 Å². The predicted molar refractivity (Wildman–Crippen MR) is 62.3 cm³/mol. The van der Waals surface area contributed by atoms with Crippen molar-refractivity contribution in [2.75, 3.05) is 31.9 Å². The van der Waals surface area contributed by atoms with E-state index in [1.807, 2.05) is 6.08 Å². The highest BCUT2D eigenvalue weighted by atomic mass is 32.2. The maximum Gasteiger partial charge on any atom is 0.265 e. The van der Waals surface area contributed by atoms with Crippen LogP contribution < -0.4 is 0 Å². The fourth-order valence-electron chi connectivity index (χ4n) is 1.75. The second-order valence-electron chi connectivity index (χ2n) is 3.81. The zero-order valence-electron chi connectivity index (χ0n) is 9.65. The molecule has 1 N–H and O–H groups in total. The average molecular weight is 236 g/mol. The zero-order chi connectivity index (χ0) is 11.9. The molecule has 0 unspecified atom stereocenters. The van der Waals surface area contributed by atoms with Crippen LogP contribution in [0.15, 0.2) is 12.7 Å². The third kappa shape index (κ3) is 5.92. The molecule has 0 aliphatic carbocycles. The number of quaternary nitrogens is 1. The first-order valence-electron chi connectivity index (χ1n) is 5.30. The number of hydrogen-bond donors (Lipinski definition) is 1. The molecule has 0 bridgehead atoms. The lowest BCUT2D eigenvalue weighted by Gasteiger charge is -2.35. The highest BCUT2D eigenvalue weighted by Crippen LogP contribution is 2.08. The summed E-state index contributed by atoms with van der Waals surface area (Å²) in [5, 5.41) is 0. The van der Waals surface area contributed by atoms with E-state index < -0.39 is 10.1 Å². The quantitative estimate of drug-likeness (QED) is 0.393. The molecule has 0 atom stereocenters. The minimum Gasteiger partial charge on any atom is -0.321 e. The Balaban J connectivity index is 4.23. The van der Waals surface area contributed by atoms with E-state index in [0.717, 1.165) is 30.7 Å². The molecule has 0 aliphatic rings. The number of likely N-dealkylation sites (N-methyl/N-ethyl adjacent to an activating group) is 1. The van der Waals surface area contributed by atoms with E-state index in [0.29, 0.717) is 6.42 Å². The van der Waals surface area contributed by atoms with Crippen LogP contribution >= 0.6 is 0 Å². The molecule has 0 aromatic rings. The van der Waals surface area contributed by atoms with Crippen LogP contribution in [0.3, 0.4) is 0 Å². The van der Waals surface area contributed by atoms with Gasteiger partial charge < -0.3 is 4.48 Å². The van der Waals surface area contributed by atoms with E-state index in [9.17, 15) is 8.42 Å². The Morgan fingerprint density at radius 2 is 1.87 bits per heavy atom. The van der Waals surface area contributed by atoms with E-state index in [1.165, 1.54) is 0 Å². The number of rotatable bonds is 8. The Bertz CT molecular complexity index is 281. The van der Waals surface area contributed by atoms with Gasteiger partial charge in [-0.15, -0.1) is 0 Å². The van der Waals surface area contributed by atoms with Gasteiger partial charge in [0.25, 0.3) is 10.1 Å². The van der Waals surface area contributed by atoms with Gasteiger partial charge >= 0.3 is 0 Å². The first-order valence-corrected chi connectivity index (χ1v) is 6.91. The van der Waals surface area contributed by atoms with E-state index in [-0.39, 0.29) is 5.75 Å². The number of hydrogen-bond acceptors (Lipinski definition) is 2. The van der Waals surface area contributed by atoms with E-state index in [2.05, 4.69) is 20.4 Å². The minimum absolute atomic E-state index is 0.149. The predicted octanol–water partition coefficient (Wildman–Crippen LogP) is 1.31. The van der Waals surface area contributed by atoms with Crippen LogP contribution in [0.4, 0.5) is 0 Å². The van der Waals surface area contributed by atoms with Crippen LogP contribution in [0, 0.1) is 0 Å². The lowest BCUT2D eigenvalue weighted by molar-refractivity contribution is -0.919. The third-order valence-electron chi connectivity index (χ3n) is 2.89. The fourth-order valence-corrected chi connectivity index (χ4v) is 2.24. The Hall–Kier alpha value is -0.390. The van der Waals surface area contributed by atoms with Crippen molar-refractivity contribution >= 4 is 10.1 Å². The van der Waals surface area contributed by atoms with Gasteiger partial charge in [-0.2, -0.15) is 8.42 Å². The van der Waals surface area contributed by atoms with Crippen molar-refractivity contribution in [1.82, 2.24) is 0 Å². The summed E-state index contributed by atoms with van der Waals surface area (Å²) >= 11 is 0. The molecule has 0 radical (unpaired) electrons. The summed E-state index contributed by atoms with van der Waals surface area (Å²) in [7, 11) is -3.81. The van der Waals surface area contributed by atoms with E-state index in [1.54, 1.807) is 0 Å². The van der Waals surface area contributed by atoms with E-state index in [4.69, 9.17) is 4.55 Å². The number of nitrogens with zero attached hydrogens (tertiary/aromatic N) is 1. The van der Waals surface area contributed by atoms with Gasteiger partial charge in [-0.25, -0.2) is 0 Å². The Morgan fingerprint density at radius 3 is 2.20 bits per heavy atom. The molecular weight excluding hydrogens is 214 g/mol. The zero-order valence-corrected chi connectivity index (χ0v) is 10.5. The fraction of sp³-hybridized carbons (Fsp3) is 0.800. The van der Waals surface area contributed by atoms with Crippen LogP contribution in [0.5, 0.6) is 0 Å². The molecule has 0 saturated heterocycles. The SMILES string of the molecule is C=CC[N+](CC)(CC)CCCS(=O)(=O)O. The summed E-state index contributed by atoms with van der Waals surface area (Å²) in [6, 6.07) is 0. The van der Waals surface area contributed by atoms with Gasteiger partial charge in [-0.1, -0.05) is 6.58 Å². The van der Waals surface area contributed by atoms with Crippen LogP contribution in [0.2, 0.25) is 0 Å². The minimum atomic E-state index is -3.81. The molecule has 5 heteroatoms. The molecule has 0 heterocycles. The second kappa shape index (κ2) is 6.25. The Kier molecular flexibility index (Phi) is 6.09. The molecular formula is C10H22NO3S+. The highest BCUT2D eigenvalue weighted by Gasteiger charge is 2.21.